The van der Waals surface area contributed by atoms with Crippen LogP contribution in [-0.2, 0) is 0 Å². The Morgan fingerprint density at radius 2 is 0.870 bits per heavy atom. The molecular formula is C52H33NO. The molecule has 0 aliphatic rings. The van der Waals surface area contributed by atoms with Crippen LogP contribution in [-0.4, -0.2) is 0 Å². The van der Waals surface area contributed by atoms with E-state index in [-0.39, 0.29) is 0 Å². The minimum absolute atomic E-state index is 0.892. The molecule has 0 radical (unpaired) electrons. The summed E-state index contributed by atoms with van der Waals surface area (Å²) in [5, 5.41) is 12.3. The van der Waals surface area contributed by atoms with E-state index in [9.17, 15) is 0 Å². The number of rotatable bonds is 5. The molecule has 0 spiro atoms. The first-order chi connectivity index (χ1) is 26.7. The van der Waals surface area contributed by atoms with Crippen LogP contribution in [0.15, 0.2) is 205 Å². The van der Waals surface area contributed by atoms with Gasteiger partial charge < -0.3 is 9.32 Å². The van der Waals surface area contributed by atoms with Gasteiger partial charge in [-0.05, 0) is 115 Å². The van der Waals surface area contributed by atoms with Crippen molar-refractivity contribution < 1.29 is 4.42 Å². The summed E-state index contributed by atoms with van der Waals surface area (Å²) in [6.07, 6.45) is 0. The number of benzene rings is 10. The van der Waals surface area contributed by atoms with Gasteiger partial charge in [-0.15, -0.1) is 0 Å². The Labute approximate surface area is 312 Å². The average molecular weight is 688 g/mol. The number of hydrogen-bond acceptors (Lipinski definition) is 2. The fourth-order valence-corrected chi connectivity index (χ4v) is 8.35. The highest BCUT2D eigenvalue weighted by molar-refractivity contribution is 6.20. The monoisotopic (exact) mass is 687 g/mol. The summed E-state index contributed by atoms with van der Waals surface area (Å²) in [5.41, 5.74) is 9.84. The zero-order valence-corrected chi connectivity index (χ0v) is 29.4. The van der Waals surface area contributed by atoms with Crippen LogP contribution in [0.4, 0.5) is 17.1 Å². The number of anilines is 3. The van der Waals surface area contributed by atoms with Crippen LogP contribution in [0.3, 0.4) is 0 Å². The molecule has 0 unspecified atom stereocenters. The Morgan fingerprint density at radius 3 is 1.67 bits per heavy atom. The van der Waals surface area contributed by atoms with Crippen LogP contribution < -0.4 is 4.90 Å². The quantitative estimate of drug-likeness (QED) is 0.168. The lowest BCUT2D eigenvalue weighted by Crippen LogP contribution is -2.10. The van der Waals surface area contributed by atoms with Gasteiger partial charge in [-0.2, -0.15) is 0 Å². The molecule has 11 rings (SSSR count). The van der Waals surface area contributed by atoms with Crippen molar-refractivity contribution in [2.75, 3.05) is 4.90 Å². The number of nitrogens with zero attached hydrogens (tertiary/aromatic N) is 1. The Hall–Kier alpha value is -7.16. The lowest BCUT2D eigenvalue weighted by Gasteiger charge is -2.27. The highest BCUT2D eigenvalue weighted by Crippen LogP contribution is 2.43. The second-order valence-corrected chi connectivity index (χ2v) is 14.1. The van der Waals surface area contributed by atoms with Crippen LogP contribution in [0.5, 0.6) is 0 Å². The van der Waals surface area contributed by atoms with E-state index in [4.69, 9.17) is 4.42 Å². The predicted octanol–water partition coefficient (Wildman–Crippen LogP) is 15.0. The van der Waals surface area contributed by atoms with Gasteiger partial charge in [0.1, 0.15) is 11.2 Å². The lowest BCUT2D eigenvalue weighted by atomic mass is 9.94. The zero-order valence-electron chi connectivity index (χ0n) is 29.4. The number of para-hydroxylation sites is 1. The fraction of sp³-hybridized carbons (Fsp3) is 0. The van der Waals surface area contributed by atoms with Gasteiger partial charge in [0.15, 0.2) is 0 Å². The smallest absolute Gasteiger partial charge is 0.136 e. The third kappa shape index (κ3) is 4.96. The maximum Gasteiger partial charge on any atom is 0.136 e. The molecule has 54 heavy (non-hydrogen) atoms. The minimum Gasteiger partial charge on any atom is -0.456 e. The van der Waals surface area contributed by atoms with Crippen molar-refractivity contribution in [1.29, 1.82) is 0 Å². The van der Waals surface area contributed by atoms with Crippen molar-refractivity contribution in [2.24, 2.45) is 0 Å². The van der Waals surface area contributed by atoms with Crippen LogP contribution >= 0.6 is 0 Å². The molecule has 2 nitrogen and oxygen atoms in total. The van der Waals surface area contributed by atoms with E-state index >= 15 is 0 Å². The Balaban J connectivity index is 1.04. The van der Waals surface area contributed by atoms with Crippen LogP contribution in [0.2, 0.25) is 0 Å². The molecule has 0 bridgehead atoms. The second-order valence-electron chi connectivity index (χ2n) is 14.1. The topological polar surface area (TPSA) is 16.4 Å². The molecule has 0 fully saturated rings. The molecule has 0 N–H and O–H groups in total. The van der Waals surface area contributed by atoms with E-state index < -0.39 is 0 Å². The summed E-state index contributed by atoms with van der Waals surface area (Å²) < 4.78 is 6.39. The van der Waals surface area contributed by atoms with E-state index in [1.807, 2.05) is 12.1 Å². The molecule has 0 aliphatic carbocycles. The lowest BCUT2D eigenvalue weighted by molar-refractivity contribution is 0.669. The van der Waals surface area contributed by atoms with Crippen LogP contribution in [0.25, 0.3) is 87.3 Å². The maximum absolute atomic E-state index is 6.39. The molecule has 1 aromatic heterocycles. The Bertz CT molecular complexity index is 3190. The fourth-order valence-electron chi connectivity index (χ4n) is 8.35. The first kappa shape index (κ1) is 30.5. The summed E-state index contributed by atoms with van der Waals surface area (Å²) in [6.45, 7) is 0. The van der Waals surface area contributed by atoms with Gasteiger partial charge in [0.05, 0.1) is 5.69 Å². The molecular weight excluding hydrogens is 655 g/mol. The first-order valence-corrected chi connectivity index (χ1v) is 18.5. The summed E-state index contributed by atoms with van der Waals surface area (Å²) in [5.74, 6) is 0. The molecule has 252 valence electrons. The summed E-state index contributed by atoms with van der Waals surface area (Å²) in [6, 6.07) is 72.3. The molecule has 0 aliphatic heterocycles. The van der Waals surface area contributed by atoms with E-state index in [1.54, 1.807) is 0 Å². The molecule has 11 aromatic rings. The van der Waals surface area contributed by atoms with Gasteiger partial charge in [-0.25, -0.2) is 0 Å². The van der Waals surface area contributed by atoms with Gasteiger partial charge in [0, 0.05) is 27.5 Å². The Kier molecular flexibility index (Phi) is 6.90. The maximum atomic E-state index is 6.39. The molecule has 10 aromatic carbocycles. The number of furan rings is 1. The average Bonchev–Trinajstić information content (AvgIpc) is 3.61. The normalized spacial score (nSPS) is 11.7. The summed E-state index contributed by atoms with van der Waals surface area (Å²) in [7, 11) is 0. The van der Waals surface area contributed by atoms with Crippen LogP contribution in [0.1, 0.15) is 0 Å². The van der Waals surface area contributed by atoms with Gasteiger partial charge in [0.25, 0.3) is 0 Å². The van der Waals surface area contributed by atoms with Crippen LogP contribution in [0, 0.1) is 0 Å². The molecule has 0 amide bonds. The minimum atomic E-state index is 0.892. The van der Waals surface area contributed by atoms with Gasteiger partial charge in [-0.1, -0.05) is 146 Å². The summed E-state index contributed by atoms with van der Waals surface area (Å²) in [4.78, 5) is 2.37. The van der Waals surface area contributed by atoms with E-state index in [0.29, 0.717) is 0 Å². The van der Waals surface area contributed by atoms with Crippen molar-refractivity contribution in [3.05, 3.63) is 200 Å². The number of fused-ring (bicyclic) bond motifs is 9. The van der Waals surface area contributed by atoms with E-state index in [2.05, 4.69) is 193 Å². The molecule has 0 saturated heterocycles. The van der Waals surface area contributed by atoms with Gasteiger partial charge in [-0.3, -0.25) is 0 Å². The first-order valence-electron chi connectivity index (χ1n) is 18.5. The molecule has 2 heteroatoms. The largest absolute Gasteiger partial charge is 0.456 e. The van der Waals surface area contributed by atoms with Crippen molar-refractivity contribution in [2.45, 2.75) is 0 Å². The van der Waals surface area contributed by atoms with Crippen molar-refractivity contribution in [3.63, 3.8) is 0 Å². The SMILES string of the molecule is c1ccc(-c2ccc(N(c3ccc(-c4ccc5c(ccc6ccc7ccccc7c65)c4)cc3)c3cccc4cc5c(cc34)oc3ccccc35)cc2)cc1. The highest BCUT2D eigenvalue weighted by Gasteiger charge is 2.18. The van der Waals surface area contributed by atoms with E-state index in [1.165, 1.54) is 60.0 Å². The van der Waals surface area contributed by atoms with Crippen molar-refractivity contribution in [1.82, 2.24) is 0 Å². The molecule has 1 heterocycles. The zero-order chi connectivity index (χ0) is 35.6. The standard InChI is InChI=1S/C52H33NO/c1-2-9-34(10-3-1)35-21-26-42(27-22-35)53(49-15-8-12-40-32-48-46-14-6-7-16-50(46)54-51(48)33-47(40)49)43-28-23-36(24-29-43)39-25-30-45-41(31-39)20-19-38-18-17-37-11-4-5-13-44(37)52(38)45/h1-33H. The molecule has 0 saturated carbocycles. The molecule has 0 atom stereocenters. The van der Waals surface area contributed by atoms with E-state index in [0.717, 1.165) is 44.4 Å². The van der Waals surface area contributed by atoms with Crippen molar-refractivity contribution >= 4 is 82.1 Å². The third-order valence-corrected chi connectivity index (χ3v) is 11.0. The Morgan fingerprint density at radius 1 is 0.296 bits per heavy atom. The predicted molar refractivity (Wildman–Crippen MR) is 229 cm³/mol. The van der Waals surface area contributed by atoms with Gasteiger partial charge >= 0.3 is 0 Å². The summed E-state index contributed by atoms with van der Waals surface area (Å²) >= 11 is 0. The van der Waals surface area contributed by atoms with Gasteiger partial charge in [0.2, 0.25) is 0 Å². The number of hydrogen-bond donors (Lipinski definition) is 0. The highest BCUT2D eigenvalue weighted by atomic mass is 16.3. The second kappa shape index (κ2) is 12.2. The third-order valence-electron chi connectivity index (χ3n) is 11.0. The van der Waals surface area contributed by atoms with Crippen molar-refractivity contribution in [3.8, 4) is 22.3 Å².